The molecule has 4 aliphatic rings. The molecule has 5 nitrogen and oxygen atoms in total. The number of amidine groups is 1. The monoisotopic (exact) mass is 319 g/mol. The summed E-state index contributed by atoms with van der Waals surface area (Å²) in [5.74, 6) is 1.26. The predicted octanol–water partition coefficient (Wildman–Crippen LogP) is 3.01. The van der Waals surface area contributed by atoms with E-state index in [1.54, 1.807) is 12.1 Å². The Hall–Kier alpha value is -1.10. The molecule has 128 valence electrons. The number of hydrazine groups is 1. The van der Waals surface area contributed by atoms with Gasteiger partial charge in [0.1, 0.15) is 5.54 Å². The van der Waals surface area contributed by atoms with Gasteiger partial charge in [-0.3, -0.25) is 4.79 Å². The minimum absolute atomic E-state index is 0.148. The molecular formula is C18H29N3O2. The summed E-state index contributed by atoms with van der Waals surface area (Å²) in [6, 6.07) is 0.874. The van der Waals surface area contributed by atoms with Gasteiger partial charge in [0.05, 0.1) is 7.11 Å². The average molecular weight is 319 g/mol. The van der Waals surface area contributed by atoms with Crippen LogP contribution in [0.3, 0.4) is 0 Å². The van der Waals surface area contributed by atoms with Gasteiger partial charge in [-0.15, -0.1) is 0 Å². The van der Waals surface area contributed by atoms with Crippen molar-refractivity contribution in [3.05, 3.63) is 0 Å². The second kappa shape index (κ2) is 6.08. The summed E-state index contributed by atoms with van der Waals surface area (Å²) < 4.78 is 5.49. The standard InChI is InChI=1S/C18H29N3O2/c1-23-17-19-18(12-11-13-7-5-6-10-15(13)18)16(22)21(17)20-14-8-3-2-4-9-14/h13-15,20H,2-12H2,1H3. The molecule has 0 aromatic rings. The van der Waals surface area contributed by atoms with Crippen LogP contribution in [-0.2, 0) is 9.53 Å². The van der Waals surface area contributed by atoms with E-state index in [0.717, 1.165) is 32.1 Å². The Morgan fingerprint density at radius 1 is 1.09 bits per heavy atom. The fraction of sp³-hybridized carbons (Fsp3) is 0.889. The van der Waals surface area contributed by atoms with E-state index in [9.17, 15) is 4.79 Å². The molecule has 1 aliphatic heterocycles. The number of aliphatic imine (C=N–C) groups is 1. The number of hydrogen-bond acceptors (Lipinski definition) is 4. The molecule has 1 amide bonds. The molecule has 0 radical (unpaired) electrons. The summed E-state index contributed by atoms with van der Waals surface area (Å²) in [6.07, 6.45) is 13.1. The first-order chi connectivity index (χ1) is 11.2. The molecular weight excluding hydrogens is 290 g/mol. The average Bonchev–Trinajstić information content (AvgIpc) is 3.10. The third-order valence-corrected chi connectivity index (χ3v) is 6.58. The summed E-state index contributed by atoms with van der Waals surface area (Å²) in [4.78, 5) is 18.2. The Morgan fingerprint density at radius 2 is 1.83 bits per heavy atom. The van der Waals surface area contributed by atoms with Crippen LogP contribution in [0.15, 0.2) is 4.99 Å². The second-order valence-corrected chi connectivity index (χ2v) is 7.82. The highest BCUT2D eigenvalue weighted by atomic mass is 16.5. The zero-order chi connectivity index (χ0) is 15.9. The number of hydrogen-bond donors (Lipinski definition) is 1. The predicted molar refractivity (Wildman–Crippen MR) is 88.7 cm³/mol. The van der Waals surface area contributed by atoms with Gasteiger partial charge in [-0.25, -0.2) is 10.4 Å². The lowest BCUT2D eigenvalue weighted by Gasteiger charge is -2.34. The molecule has 0 aromatic carbocycles. The van der Waals surface area contributed by atoms with Crippen molar-refractivity contribution in [2.45, 2.75) is 82.2 Å². The van der Waals surface area contributed by atoms with Crippen LogP contribution in [-0.4, -0.2) is 35.6 Å². The first-order valence-electron chi connectivity index (χ1n) is 9.49. The lowest BCUT2D eigenvalue weighted by atomic mass is 9.74. The Morgan fingerprint density at radius 3 is 2.61 bits per heavy atom. The van der Waals surface area contributed by atoms with Gasteiger partial charge >= 0.3 is 6.02 Å². The van der Waals surface area contributed by atoms with E-state index in [0.29, 0.717) is 23.9 Å². The van der Waals surface area contributed by atoms with Crippen LogP contribution >= 0.6 is 0 Å². The summed E-state index contributed by atoms with van der Waals surface area (Å²) >= 11 is 0. The zero-order valence-electron chi connectivity index (χ0n) is 14.2. The highest BCUT2D eigenvalue weighted by Gasteiger charge is 2.60. The topological polar surface area (TPSA) is 53.9 Å². The molecule has 3 saturated carbocycles. The molecule has 0 bridgehead atoms. The van der Waals surface area contributed by atoms with E-state index in [1.165, 1.54) is 38.5 Å². The molecule has 5 heteroatoms. The molecule has 1 spiro atoms. The first kappa shape index (κ1) is 15.4. The number of fused-ring (bicyclic) bond motifs is 2. The van der Waals surface area contributed by atoms with Crippen molar-refractivity contribution < 1.29 is 9.53 Å². The smallest absolute Gasteiger partial charge is 0.310 e. The van der Waals surface area contributed by atoms with Gasteiger partial charge in [0.2, 0.25) is 0 Å². The van der Waals surface area contributed by atoms with Gasteiger partial charge in [0.15, 0.2) is 0 Å². The SMILES string of the molecule is COC1=NC2(CCC3CCCCC32)C(=O)N1NC1CCCCC1. The molecule has 1 N–H and O–H groups in total. The van der Waals surface area contributed by atoms with Crippen molar-refractivity contribution in [2.75, 3.05) is 7.11 Å². The third-order valence-electron chi connectivity index (χ3n) is 6.58. The number of rotatable bonds is 2. The van der Waals surface area contributed by atoms with Crippen LogP contribution < -0.4 is 5.43 Å². The van der Waals surface area contributed by atoms with Crippen LogP contribution in [0.1, 0.15) is 70.6 Å². The molecule has 3 unspecified atom stereocenters. The van der Waals surface area contributed by atoms with Crippen molar-refractivity contribution in [3.63, 3.8) is 0 Å². The van der Waals surface area contributed by atoms with E-state index in [1.807, 2.05) is 0 Å². The Balaban J connectivity index is 1.56. The van der Waals surface area contributed by atoms with Gasteiger partial charge in [-0.2, -0.15) is 5.01 Å². The van der Waals surface area contributed by atoms with Gasteiger partial charge in [0.25, 0.3) is 5.91 Å². The Kier molecular flexibility index (Phi) is 4.08. The summed E-state index contributed by atoms with van der Waals surface area (Å²) in [6.45, 7) is 0. The molecule has 0 saturated heterocycles. The maximum absolute atomic E-state index is 13.3. The van der Waals surface area contributed by atoms with Crippen molar-refractivity contribution in [2.24, 2.45) is 16.8 Å². The number of methoxy groups -OCH3 is 1. The van der Waals surface area contributed by atoms with E-state index < -0.39 is 5.54 Å². The number of amides is 1. The number of carbonyl (C=O) groups is 1. The maximum atomic E-state index is 13.3. The fourth-order valence-corrected chi connectivity index (χ4v) is 5.39. The Labute approximate surface area is 138 Å². The van der Waals surface area contributed by atoms with Crippen molar-refractivity contribution in [1.82, 2.24) is 10.4 Å². The highest BCUT2D eigenvalue weighted by molar-refractivity contribution is 6.05. The molecule has 3 atom stereocenters. The lowest BCUT2D eigenvalue weighted by Crippen LogP contribution is -2.55. The van der Waals surface area contributed by atoms with E-state index in [4.69, 9.17) is 9.73 Å². The first-order valence-corrected chi connectivity index (χ1v) is 9.49. The molecule has 3 fully saturated rings. The van der Waals surface area contributed by atoms with Gasteiger partial charge in [0, 0.05) is 6.04 Å². The number of nitrogens with one attached hydrogen (secondary N) is 1. The van der Waals surface area contributed by atoms with Crippen LogP contribution in [0, 0.1) is 11.8 Å². The van der Waals surface area contributed by atoms with Crippen LogP contribution in [0.2, 0.25) is 0 Å². The van der Waals surface area contributed by atoms with Crippen LogP contribution in [0.25, 0.3) is 0 Å². The highest BCUT2D eigenvalue weighted by Crippen LogP contribution is 2.52. The van der Waals surface area contributed by atoms with E-state index in [-0.39, 0.29) is 5.91 Å². The minimum atomic E-state index is -0.530. The molecule has 3 aliphatic carbocycles. The van der Waals surface area contributed by atoms with Crippen molar-refractivity contribution in [1.29, 1.82) is 0 Å². The Bertz CT molecular complexity index is 500. The lowest BCUT2D eigenvalue weighted by molar-refractivity contribution is -0.136. The zero-order valence-corrected chi connectivity index (χ0v) is 14.2. The van der Waals surface area contributed by atoms with Gasteiger partial charge in [-0.05, 0) is 43.9 Å². The second-order valence-electron chi connectivity index (χ2n) is 7.82. The fourth-order valence-electron chi connectivity index (χ4n) is 5.39. The van der Waals surface area contributed by atoms with Crippen molar-refractivity contribution in [3.8, 4) is 0 Å². The summed E-state index contributed by atoms with van der Waals surface area (Å²) in [5.41, 5.74) is 2.91. The number of ether oxygens (including phenoxy) is 1. The van der Waals surface area contributed by atoms with Gasteiger partial charge in [-0.1, -0.05) is 38.5 Å². The maximum Gasteiger partial charge on any atom is 0.310 e. The quantitative estimate of drug-likeness (QED) is 0.851. The molecule has 4 rings (SSSR count). The normalized spacial score (nSPS) is 38.0. The van der Waals surface area contributed by atoms with Crippen molar-refractivity contribution >= 4 is 11.9 Å². The number of nitrogens with zero attached hydrogens (tertiary/aromatic N) is 2. The third kappa shape index (κ3) is 2.48. The minimum Gasteiger partial charge on any atom is -0.467 e. The van der Waals surface area contributed by atoms with Crippen LogP contribution in [0.5, 0.6) is 0 Å². The number of carbonyl (C=O) groups excluding carboxylic acids is 1. The van der Waals surface area contributed by atoms with E-state index in [2.05, 4.69) is 5.43 Å². The largest absolute Gasteiger partial charge is 0.467 e. The summed E-state index contributed by atoms with van der Waals surface area (Å²) in [7, 11) is 1.63. The molecule has 0 aromatic heterocycles. The van der Waals surface area contributed by atoms with E-state index >= 15 is 0 Å². The molecule has 1 heterocycles. The van der Waals surface area contributed by atoms with Crippen LogP contribution in [0.4, 0.5) is 0 Å². The molecule has 23 heavy (non-hydrogen) atoms. The van der Waals surface area contributed by atoms with Gasteiger partial charge < -0.3 is 4.74 Å². The summed E-state index contributed by atoms with van der Waals surface area (Å²) in [5, 5.41) is 1.66.